The van der Waals surface area contributed by atoms with Crippen LogP contribution in [0.2, 0.25) is 0 Å². The fraction of sp³-hybridized carbons (Fsp3) is 0.500. The molecule has 0 amide bonds. The van der Waals surface area contributed by atoms with Gasteiger partial charge >= 0.3 is 0 Å². The number of hydrogen-bond donors (Lipinski definition) is 1. The highest BCUT2D eigenvalue weighted by atomic mass is 16.5. The molecule has 0 aliphatic carbocycles. The molecule has 0 saturated heterocycles. The third kappa shape index (κ3) is 5.99. The molecule has 100 valence electrons. The summed E-state index contributed by atoms with van der Waals surface area (Å²) in [5, 5.41) is 3.46. The summed E-state index contributed by atoms with van der Waals surface area (Å²) in [6, 6.07) is 10.4. The molecule has 0 aromatic heterocycles. The molecule has 0 heterocycles. The second kappa shape index (κ2) is 8.90. The monoisotopic (exact) mass is 247 g/mol. The molecule has 0 fully saturated rings. The Bertz CT molecular complexity index is 321. The van der Waals surface area contributed by atoms with Gasteiger partial charge < -0.3 is 10.1 Å². The first-order valence-corrected chi connectivity index (χ1v) is 6.72. The maximum absolute atomic E-state index is 5.92. The van der Waals surface area contributed by atoms with E-state index in [2.05, 4.69) is 50.0 Å². The summed E-state index contributed by atoms with van der Waals surface area (Å²) in [6.45, 7) is 10.8. The molecule has 0 bridgehead atoms. The van der Waals surface area contributed by atoms with Crippen LogP contribution in [-0.2, 0) is 4.74 Å². The van der Waals surface area contributed by atoms with Crippen molar-refractivity contribution in [2.24, 2.45) is 5.92 Å². The zero-order valence-corrected chi connectivity index (χ0v) is 11.6. The maximum Gasteiger partial charge on any atom is 0.0949 e. The van der Waals surface area contributed by atoms with Gasteiger partial charge in [0.15, 0.2) is 0 Å². The minimum Gasteiger partial charge on any atom is -0.372 e. The van der Waals surface area contributed by atoms with E-state index < -0.39 is 0 Å². The zero-order valence-electron chi connectivity index (χ0n) is 11.6. The van der Waals surface area contributed by atoms with Crippen molar-refractivity contribution in [1.29, 1.82) is 0 Å². The van der Waals surface area contributed by atoms with Gasteiger partial charge in [-0.05, 0) is 24.4 Å². The molecule has 2 nitrogen and oxygen atoms in total. The van der Waals surface area contributed by atoms with Crippen molar-refractivity contribution in [3.05, 3.63) is 48.6 Å². The van der Waals surface area contributed by atoms with Crippen molar-refractivity contribution < 1.29 is 4.74 Å². The van der Waals surface area contributed by atoms with Gasteiger partial charge in [0.25, 0.3) is 0 Å². The number of ether oxygens (including phenoxy) is 1. The van der Waals surface area contributed by atoms with E-state index in [1.165, 1.54) is 5.56 Å². The van der Waals surface area contributed by atoms with Crippen LogP contribution in [0, 0.1) is 5.92 Å². The van der Waals surface area contributed by atoms with Gasteiger partial charge in [-0.25, -0.2) is 0 Å². The molecule has 18 heavy (non-hydrogen) atoms. The van der Waals surface area contributed by atoms with Crippen LogP contribution in [-0.4, -0.2) is 19.7 Å². The van der Waals surface area contributed by atoms with Crippen LogP contribution >= 0.6 is 0 Å². The number of nitrogens with one attached hydrogen (secondary N) is 1. The standard InChI is InChI=1S/C16H25NO/c1-4-5-11-18-16(13-17-12-14(2)3)15-9-7-6-8-10-15/h4,6-10,14,16-17H,1,5,11-13H2,2-3H3. The molecule has 0 saturated carbocycles. The highest BCUT2D eigenvalue weighted by Gasteiger charge is 2.11. The topological polar surface area (TPSA) is 21.3 Å². The summed E-state index contributed by atoms with van der Waals surface area (Å²) in [6.07, 6.45) is 2.92. The van der Waals surface area contributed by atoms with Gasteiger partial charge in [-0.2, -0.15) is 0 Å². The van der Waals surface area contributed by atoms with Gasteiger partial charge in [-0.1, -0.05) is 50.3 Å². The lowest BCUT2D eigenvalue weighted by Gasteiger charge is -2.19. The molecule has 1 unspecified atom stereocenters. The Hall–Kier alpha value is -1.12. The first-order chi connectivity index (χ1) is 8.74. The Kier molecular flexibility index (Phi) is 7.38. The predicted molar refractivity (Wildman–Crippen MR) is 77.7 cm³/mol. The molecule has 0 radical (unpaired) electrons. The van der Waals surface area contributed by atoms with Crippen LogP contribution in [0.3, 0.4) is 0 Å². The quantitative estimate of drug-likeness (QED) is 0.532. The molecule has 1 rings (SSSR count). The highest BCUT2D eigenvalue weighted by molar-refractivity contribution is 5.17. The van der Waals surface area contributed by atoms with Crippen LogP contribution < -0.4 is 5.32 Å². The minimum atomic E-state index is 0.130. The van der Waals surface area contributed by atoms with E-state index in [4.69, 9.17) is 4.74 Å². The van der Waals surface area contributed by atoms with Crippen molar-refractivity contribution >= 4 is 0 Å². The molecule has 1 atom stereocenters. The zero-order chi connectivity index (χ0) is 13.2. The summed E-state index contributed by atoms with van der Waals surface area (Å²) < 4.78 is 5.92. The molecule has 1 N–H and O–H groups in total. The summed E-state index contributed by atoms with van der Waals surface area (Å²) in [5.74, 6) is 0.662. The second-order valence-corrected chi connectivity index (χ2v) is 4.90. The molecule has 2 heteroatoms. The Labute approximate surface area is 111 Å². The van der Waals surface area contributed by atoms with E-state index in [0.717, 1.165) is 26.1 Å². The lowest BCUT2D eigenvalue weighted by molar-refractivity contribution is 0.0554. The molecular weight excluding hydrogens is 222 g/mol. The normalized spacial score (nSPS) is 12.6. The Morgan fingerprint density at radius 2 is 1.94 bits per heavy atom. The predicted octanol–water partition coefficient (Wildman–Crippen LogP) is 3.57. The lowest BCUT2D eigenvalue weighted by atomic mass is 10.1. The van der Waals surface area contributed by atoms with Crippen molar-refractivity contribution in [2.75, 3.05) is 19.7 Å². The molecule has 1 aromatic rings. The lowest BCUT2D eigenvalue weighted by Crippen LogP contribution is -2.27. The number of rotatable bonds is 9. The smallest absolute Gasteiger partial charge is 0.0949 e. The summed E-state index contributed by atoms with van der Waals surface area (Å²) in [4.78, 5) is 0. The van der Waals surface area contributed by atoms with E-state index in [1.54, 1.807) is 0 Å². The highest BCUT2D eigenvalue weighted by Crippen LogP contribution is 2.16. The molecule has 0 aliphatic rings. The van der Waals surface area contributed by atoms with Gasteiger partial charge in [0.05, 0.1) is 12.7 Å². The number of hydrogen-bond acceptors (Lipinski definition) is 2. The van der Waals surface area contributed by atoms with Gasteiger partial charge in [0.1, 0.15) is 0 Å². The largest absolute Gasteiger partial charge is 0.372 e. The van der Waals surface area contributed by atoms with Crippen LogP contribution in [0.25, 0.3) is 0 Å². The fourth-order valence-corrected chi connectivity index (χ4v) is 1.74. The molecule has 1 aromatic carbocycles. The van der Waals surface area contributed by atoms with Gasteiger partial charge in [-0.15, -0.1) is 6.58 Å². The van der Waals surface area contributed by atoms with Crippen LogP contribution in [0.15, 0.2) is 43.0 Å². The third-order valence-electron chi connectivity index (χ3n) is 2.69. The molecule has 0 spiro atoms. The van der Waals surface area contributed by atoms with Crippen LogP contribution in [0.4, 0.5) is 0 Å². The fourth-order valence-electron chi connectivity index (χ4n) is 1.74. The van der Waals surface area contributed by atoms with E-state index >= 15 is 0 Å². The van der Waals surface area contributed by atoms with Crippen molar-refractivity contribution in [1.82, 2.24) is 5.32 Å². The summed E-state index contributed by atoms with van der Waals surface area (Å²) >= 11 is 0. The van der Waals surface area contributed by atoms with E-state index in [0.29, 0.717) is 5.92 Å². The Morgan fingerprint density at radius 1 is 1.22 bits per heavy atom. The van der Waals surface area contributed by atoms with E-state index in [1.807, 2.05) is 12.1 Å². The average molecular weight is 247 g/mol. The van der Waals surface area contributed by atoms with E-state index in [-0.39, 0.29) is 6.10 Å². The first kappa shape index (κ1) is 14.9. The van der Waals surface area contributed by atoms with Gasteiger partial charge in [-0.3, -0.25) is 0 Å². The minimum absolute atomic E-state index is 0.130. The van der Waals surface area contributed by atoms with Crippen LogP contribution in [0.1, 0.15) is 31.9 Å². The second-order valence-electron chi connectivity index (χ2n) is 4.90. The van der Waals surface area contributed by atoms with Crippen LogP contribution in [0.5, 0.6) is 0 Å². The Balaban J connectivity index is 2.49. The van der Waals surface area contributed by atoms with Crippen molar-refractivity contribution in [3.63, 3.8) is 0 Å². The average Bonchev–Trinajstić information content (AvgIpc) is 2.38. The molecular formula is C16H25NO. The first-order valence-electron chi connectivity index (χ1n) is 6.72. The van der Waals surface area contributed by atoms with Crippen molar-refractivity contribution in [2.45, 2.75) is 26.4 Å². The third-order valence-corrected chi connectivity index (χ3v) is 2.69. The maximum atomic E-state index is 5.92. The van der Waals surface area contributed by atoms with Gasteiger partial charge in [0.2, 0.25) is 0 Å². The SMILES string of the molecule is C=CCCOC(CNCC(C)C)c1ccccc1. The summed E-state index contributed by atoms with van der Waals surface area (Å²) in [7, 11) is 0. The van der Waals surface area contributed by atoms with Gasteiger partial charge in [0, 0.05) is 6.54 Å². The summed E-state index contributed by atoms with van der Waals surface area (Å²) in [5.41, 5.74) is 1.23. The number of benzene rings is 1. The molecule has 0 aliphatic heterocycles. The van der Waals surface area contributed by atoms with Crippen molar-refractivity contribution in [3.8, 4) is 0 Å². The van der Waals surface area contributed by atoms with E-state index in [9.17, 15) is 0 Å². The Morgan fingerprint density at radius 3 is 2.56 bits per heavy atom.